The van der Waals surface area contributed by atoms with Crippen molar-refractivity contribution in [2.24, 2.45) is 0 Å². The van der Waals surface area contributed by atoms with Crippen molar-refractivity contribution in [3.05, 3.63) is 48.5 Å². The number of nitrogens with one attached hydrogen (secondary N) is 2. The number of benzene rings is 2. The maximum absolute atomic E-state index is 12.2. The smallest absolute Gasteiger partial charge is 0.406 e. The van der Waals surface area contributed by atoms with Crippen molar-refractivity contribution in [2.75, 3.05) is 5.75 Å². The number of hydrogen-bond donors (Lipinski definition) is 2. The Morgan fingerprint density at radius 2 is 1.56 bits per heavy atom. The second-order valence-electron chi connectivity index (χ2n) is 6.13. The molecular formula is C18H15F3N2O3S. The number of imide groups is 1. The minimum atomic E-state index is -4.72. The average molecular weight is 396 g/mol. The lowest BCUT2D eigenvalue weighted by Gasteiger charge is -2.19. The number of rotatable bonds is 5. The van der Waals surface area contributed by atoms with E-state index in [4.69, 9.17) is 0 Å². The Morgan fingerprint density at radius 3 is 2.04 bits per heavy atom. The van der Waals surface area contributed by atoms with Crippen molar-refractivity contribution in [3.63, 3.8) is 0 Å². The fraction of sp³-hybridized carbons (Fsp3) is 0.222. The van der Waals surface area contributed by atoms with Crippen LogP contribution in [0.15, 0.2) is 53.4 Å². The summed E-state index contributed by atoms with van der Waals surface area (Å²) in [5.74, 6) is -0.269. The Balaban J connectivity index is 1.63. The van der Waals surface area contributed by atoms with Crippen molar-refractivity contribution in [1.82, 2.24) is 10.6 Å². The lowest BCUT2D eigenvalue weighted by Crippen LogP contribution is -2.46. The van der Waals surface area contributed by atoms with E-state index < -0.39 is 17.9 Å². The first-order valence-corrected chi connectivity index (χ1v) is 8.86. The van der Waals surface area contributed by atoms with Crippen molar-refractivity contribution >= 4 is 23.7 Å². The van der Waals surface area contributed by atoms with Crippen LogP contribution in [0.25, 0.3) is 11.1 Å². The van der Waals surface area contributed by atoms with Gasteiger partial charge in [0.25, 0.3) is 5.91 Å². The molecule has 1 atom stereocenters. The van der Waals surface area contributed by atoms with Gasteiger partial charge < -0.3 is 10.1 Å². The summed E-state index contributed by atoms with van der Waals surface area (Å²) in [5, 5.41) is 4.81. The summed E-state index contributed by atoms with van der Waals surface area (Å²) in [4.78, 5) is 23.9. The number of carbonyl (C=O) groups is 2. The van der Waals surface area contributed by atoms with Crippen LogP contribution in [0.4, 0.5) is 18.0 Å². The van der Waals surface area contributed by atoms with E-state index in [9.17, 15) is 22.8 Å². The maximum atomic E-state index is 12.2. The van der Waals surface area contributed by atoms with Gasteiger partial charge in [-0.2, -0.15) is 0 Å². The van der Waals surface area contributed by atoms with E-state index >= 15 is 0 Å². The molecule has 0 spiro atoms. The van der Waals surface area contributed by atoms with Crippen LogP contribution in [0.5, 0.6) is 5.75 Å². The van der Waals surface area contributed by atoms with E-state index in [2.05, 4.69) is 15.4 Å². The van der Waals surface area contributed by atoms with E-state index in [1.165, 1.54) is 23.9 Å². The highest BCUT2D eigenvalue weighted by atomic mass is 32.2. The predicted octanol–water partition coefficient (Wildman–Crippen LogP) is 3.94. The molecule has 0 aliphatic carbocycles. The van der Waals surface area contributed by atoms with Gasteiger partial charge in [-0.1, -0.05) is 24.3 Å². The summed E-state index contributed by atoms with van der Waals surface area (Å²) in [6.07, 6.45) is -4.72. The molecule has 1 saturated heterocycles. The number of halogens is 3. The van der Waals surface area contributed by atoms with Gasteiger partial charge in [0.2, 0.25) is 0 Å². The predicted molar refractivity (Wildman–Crippen MR) is 94.4 cm³/mol. The average Bonchev–Trinajstić information content (AvgIpc) is 2.85. The molecule has 5 nitrogen and oxygen atoms in total. The fourth-order valence-corrected chi connectivity index (χ4v) is 3.49. The zero-order chi connectivity index (χ0) is 19.7. The second-order valence-corrected chi connectivity index (χ2v) is 7.17. The summed E-state index contributed by atoms with van der Waals surface area (Å²) in [6, 6.07) is 12.5. The van der Waals surface area contributed by atoms with Gasteiger partial charge in [0.15, 0.2) is 0 Å². The monoisotopic (exact) mass is 396 g/mol. The first kappa shape index (κ1) is 19.1. The first-order valence-electron chi connectivity index (χ1n) is 7.87. The van der Waals surface area contributed by atoms with Crippen molar-refractivity contribution in [2.45, 2.75) is 23.7 Å². The van der Waals surface area contributed by atoms with E-state index in [1.807, 2.05) is 24.3 Å². The molecule has 2 aromatic carbocycles. The number of ether oxygens (including phenoxy) is 1. The summed E-state index contributed by atoms with van der Waals surface area (Å²) >= 11 is 1.41. The molecule has 0 radical (unpaired) electrons. The number of hydrogen-bond acceptors (Lipinski definition) is 4. The highest BCUT2D eigenvalue weighted by Crippen LogP contribution is 2.29. The molecule has 0 saturated carbocycles. The van der Waals surface area contributed by atoms with Gasteiger partial charge in [-0.15, -0.1) is 24.9 Å². The van der Waals surface area contributed by atoms with Crippen LogP contribution >= 0.6 is 11.8 Å². The molecule has 2 aromatic rings. The van der Waals surface area contributed by atoms with Crippen LogP contribution in [0.3, 0.4) is 0 Å². The van der Waals surface area contributed by atoms with Gasteiger partial charge >= 0.3 is 12.4 Å². The van der Waals surface area contributed by atoms with Crippen molar-refractivity contribution < 1.29 is 27.5 Å². The highest BCUT2D eigenvalue weighted by molar-refractivity contribution is 7.99. The fourth-order valence-electron chi connectivity index (χ4n) is 2.50. The maximum Gasteiger partial charge on any atom is 0.573 e. The van der Waals surface area contributed by atoms with E-state index in [-0.39, 0.29) is 11.7 Å². The zero-order valence-electron chi connectivity index (χ0n) is 14.1. The SMILES string of the molecule is CC1(CSc2ccc(-c3ccc(OC(F)(F)F)cc3)cc2)NC(=O)NC1=O. The van der Waals surface area contributed by atoms with Gasteiger partial charge in [-0.05, 0) is 42.3 Å². The van der Waals surface area contributed by atoms with Crippen LogP contribution < -0.4 is 15.4 Å². The first-order chi connectivity index (χ1) is 12.6. The number of carbonyl (C=O) groups excluding carboxylic acids is 2. The summed E-state index contributed by atoms with van der Waals surface area (Å²) in [7, 11) is 0. The van der Waals surface area contributed by atoms with Gasteiger partial charge in [0.05, 0.1) is 0 Å². The molecule has 1 aliphatic heterocycles. The van der Waals surface area contributed by atoms with Gasteiger partial charge in [-0.3, -0.25) is 10.1 Å². The van der Waals surface area contributed by atoms with Crippen molar-refractivity contribution in [1.29, 1.82) is 0 Å². The van der Waals surface area contributed by atoms with Crippen LogP contribution in [0.2, 0.25) is 0 Å². The zero-order valence-corrected chi connectivity index (χ0v) is 14.9. The molecular weight excluding hydrogens is 381 g/mol. The third-order valence-corrected chi connectivity index (χ3v) is 5.25. The standard InChI is InChI=1S/C18H15F3N2O3S/c1-17(15(24)22-16(25)23-17)10-27-14-8-4-12(5-9-14)11-2-6-13(7-3-11)26-18(19,20)21/h2-9H,10H2,1H3,(H2,22,23,24,25). The third kappa shape index (κ3) is 4.73. The second kappa shape index (κ2) is 7.15. The summed E-state index contributed by atoms with van der Waals surface area (Å²) in [6.45, 7) is 1.65. The number of urea groups is 1. The van der Waals surface area contributed by atoms with Crippen molar-refractivity contribution in [3.8, 4) is 16.9 Å². The lowest BCUT2D eigenvalue weighted by atomic mass is 10.1. The summed E-state index contributed by atoms with van der Waals surface area (Å²) in [5.41, 5.74) is 0.612. The molecule has 0 bridgehead atoms. The number of alkyl halides is 3. The van der Waals surface area contributed by atoms with Gasteiger partial charge in [-0.25, -0.2) is 4.79 Å². The summed E-state index contributed by atoms with van der Waals surface area (Å²) < 4.78 is 40.4. The number of amides is 3. The van der Waals surface area contributed by atoms with Crippen LogP contribution in [-0.2, 0) is 4.79 Å². The lowest BCUT2D eigenvalue weighted by molar-refractivity contribution is -0.274. The Kier molecular flexibility index (Phi) is 5.05. The van der Waals surface area contributed by atoms with E-state index in [0.29, 0.717) is 5.75 Å². The van der Waals surface area contributed by atoms with Gasteiger partial charge in [0.1, 0.15) is 11.3 Å². The largest absolute Gasteiger partial charge is 0.573 e. The molecule has 1 fully saturated rings. The molecule has 3 amide bonds. The Hall–Kier alpha value is -2.68. The Labute approximate surface area is 157 Å². The van der Waals surface area contributed by atoms with Gasteiger partial charge in [0, 0.05) is 10.6 Å². The molecule has 3 rings (SSSR count). The molecule has 1 unspecified atom stereocenters. The molecule has 27 heavy (non-hydrogen) atoms. The quantitative estimate of drug-likeness (QED) is 0.593. The Bertz CT molecular complexity index is 854. The third-order valence-electron chi connectivity index (χ3n) is 3.92. The Morgan fingerprint density at radius 1 is 1.00 bits per heavy atom. The normalized spacial score (nSPS) is 19.6. The minimum absolute atomic E-state index is 0.274. The van der Waals surface area contributed by atoms with Crippen LogP contribution in [0.1, 0.15) is 6.92 Å². The molecule has 9 heteroatoms. The van der Waals surface area contributed by atoms with Crippen LogP contribution in [0, 0.1) is 0 Å². The topological polar surface area (TPSA) is 67.4 Å². The van der Waals surface area contributed by atoms with E-state index in [0.717, 1.165) is 16.0 Å². The molecule has 1 aliphatic rings. The molecule has 2 N–H and O–H groups in total. The molecule has 1 heterocycles. The highest BCUT2D eigenvalue weighted by Gasteiger charge is 2.41. The van der Waals surface area contributed by atoms with E-state index in [1.54, 1.807) is 19.1 Å². The minimum Gasteiger partial charge on any atom is -0.406 e. The molecule has 142 valence electrons. The number of thioether (sulfide) groups is 1. The van der Waals surface area contributed by atoms with Crippen LogP contribution in [-0.4, -0.2) is 29.6 Å². The molecule has 0 aromatic heterocycles.